The third kappa shape index (κ3) is 4.84. The Morgan fingerprint density at radius 3 is 2.15 bits per heavy atom. The molecule has 168 valence electrons. The van der Waals surface area contributed by atoms with E-state index in [9.17, 15) is 9.59 Å². The lowest BCUT2D eigenvalue weighted by atomic mass is 10.0. The van der Waals surface area contributed by atoms with E-state index in [2.05, 4.69) is 17.4 Å². The van der Waals surface area contributed by atoms with E-state index in [-0.39, 0.29) is 18.4 Å². The number of rotatable bonds is 6. The van der Waals surface area contributed by atoms with Crippen molar-refractivity contribution in [3.8, 4) is 5.75 Å². The highest BCUT2D eigenvalue weighted by molar-refractivity contribution is 6.06. The third-order valence-electron chi connectivity index (χ3n) is 5.81. The number of hydrogen-bond acceptors (Lipinski definition) is 3. The van der Waals surface area contributed by atoms with Crippen LogP contribution >= 0.6 is 0 Å². The van der Waals surface area contributed by atoms with Gasteiger partial charge in [0.05, 0.1) is 12.2 Å². The number of ether oxygens (including phenoxy) is 1. The Morgan fingerprint density at radius 2 is 1.44 bits per heavy atom. The molecule has 5 rings (SSSR count). The van der Waals surface area contributed by atoms with E-state index in [4.69, 9.17) is 4.74 Å². The molecule has 0 atom stereocenters. The lowest BCUT2D eigenvalue weighted by molar-refractivity contribution is -0.121. The van der Waals surface area contributed by atoms with Gasteiger partial charge in [0, 0.05) is 11.3 Å². The summed E-state index contributed by atoms with van der Waals surface area (Å²) >= 11 is 0. The number of benzene rings is 4. The molecule has 1 N–H and O–H groups in total. The Kier molecular flexibility index (Phi) is 6.08. The minimum atomic E-state index is -0.228. The van der Waals surface area contributed by atoms with Crippen molar-refractivity contribution in [2.75, 3.05) is 16.8 Å². The summed E-state index contributed by atoms with van der Waals surface area (Å²) in [5.41, 5.74) is 5.31. The second kappa shape index (κ2) is 9.63. The maximum Gasteiger partial charge on any atom is 0.265 e. The molecule has 0 bridgehead atoms. The Labute approximate surface area is 198 Å². The van der Waals surface area contributed by atoms with Gasteiger partial charge in [-0.1, -0.05) is 72.8 Å². The van der Waals surface area contributed by atoms with Gasteiger partial charge in [0.2, 0.25) is 0 Å². The molecule has 1 heterocycles. The molecule has 0 saturated carbocycles. The van der Waals surface area contributed by atoms with Crippen molar-refractivity contribution in [3.63, 3.8) is 0 Å². The molecule has 1 aliphatic rings. The van der Waals surface area contributed by atoms with Gasteiger partial charge in [-0.2, -0.15) is 0 Å². The van der Waals surface area contributed by atoms with Crippen molar-refractivity contribution in [1.29, 1.82) is 0 Å². The average molecular weight is 449 g/mol. The normalized spacial score (nSPS) is 12.6. The van der Waals surface area contributed by atoms with Crippen LogP contribution in [0.4, 0.5) is 11.4 Å². The van der Waals surface area contributed by atoms with E-state index in [1.165, 1.54) is 11.1 Å². The highest BCUT2D eigenvalue weighted by Gasteiger charge is 2.26. The maximum atomic E-state index is 12.9. The molecular weight excluding hydrogens is 424 g/mol. The number of carbonyl (C=O) groups is 2. The molecule has 2 amide bonds. The van der Waals surface area contributed by atoms with Crippen LogP contribution < -0.4 is 15.0 Å². The first kappa shape index (κ1) is 21.5. The summed E-state index contributed by atoms with van der Waals surface area (Å²) in [6, 6.07) is 33.1. The first-order chi connectivity index (χ1) is 16.7. The van der Waals surface area contributed by atoms with Crippen molar-refractivity contribution in [1.82, 2.24) is 0 Å². The standard InChI is InChI=1S/C29H24N2O3/c32-28-20-34-27-18-24(13-16-26(27)31(28)19-23-9-5-2-6-10-23)29(33)30-25-14-11-22(12-15-25)17-21-7-3-1-4-8-21/h1-16,18H,17,19-20H2,(H,30,33). The summed E-state index contributed by atoms with van der Waals surface area (Å²) in [5, 5.41) is 2.94. The molecule has 0 unspecified atom stereocenters. The fourth-order valence-electron chi connectivity index (χ4n) is 4.03. The lowest BCUT2D eigenvalue weighted by Crippen LogP contribution is -2.38. The van der Waals surface area contributed by atoms with E-state index in [0.717, 1.165) is 17.7 Å². The van der Waals surface area contributed by atoms with Gasteiger partial charge in [-0.15, -0.1) is 0 Å². The van der Waals surface area contributed by atoms with Crippen molar-refractivity contribution >= 4 is 23.2 Å². The number of anilines is 2. The summed E-state index contributed by atoms with van der Waals surface area (Å²) in [5.74, 6) is 0.194. The van der Waals surface area contributed by atoms with Crippen LogP contribution in [0.5, 0.6) is 5.75 Å². The summed E-state index contributed by atoms with van der Waals surface area (Å²) in [6.07, 6.45) is 0.843. The zero-order valence-corrected chi connectivity index (χ0v) is 18.6. The molecule has 0 radical (unpaired) electrons. The molecule has 5 nitrogen and oxygen atoms in total. The summed E-state index contributed by atoms with van der Waals surface area (Å²) in [6.45, 7) is 0.407. The predicted molar refractivity (Wildman–Crippen MR) is 133 cm³/mol. The average Bonchev–Trinajstić information content (AvgIpc) is 2.88. The van der Waals surface area contributed by atoms with E-state index in [1.54, 1.807) is 23.1 Å². The van der Waals surface area contributed by atoms with Crippen LogP contribution in [0.15, 0.2) is 103 Å². The summed E-state index contributed by atoms with van der Waals surface area (Å²) < 4.78 is 5.65. The van der Waals surface area contributed by atoms with Crippen LogP contribution in [0.25, 0.3) is 0 Å². The van der Waals surface area contributed by atoms with E-state index in [0.29, 0.717) is 23.5 Å². The monoisotopic (exact) mass is 448 g/mol. The molecule has 0 aliphatic carbocycles. The van der Waals surface area contributed by atoms with Gasteiger partial charge in [0.1, 0.15) is 5.75 Å². The Balaban J connectivity index is 1.28. The highest BCUT2D eigenvalue weighted by Crippen LogP contribution is 2.34. The minimum Gasteiger partial charge on any atom is -0.482 e. The van der Waals surface area contributed by atoms with Gasteiger partial charge in [0.15, 0.2) is 6.61 Å². The topological polar surface area (TPSA) is 58.6 Å². The van der Waals surface area contributed by atoms with Crippen LogP contribution in [0.1, 0.15) is 27.0 Å². The number of fused-ring (bicyclic) bond motifs is 1. The van der Waals surface area contributed by atoms with Gasteiger partial charge >= 0.3 is 0 Å². The van der Waals surface area contributed by atoms with Gasteiger partial charge in [-0.05, 0) is 53.4 Å². The van der Waals surface area contributed by atoms with Crippen molar-refractivity contribution in [2.45, 2.75) is 13.0 Å². The first-order valence-electron chi connectivity index (χ1n) is 11.2. The van der Waals surface area contributed by atoms with Crippen LogP contribution in [0.2, 0.25) is 0 Å². The Hall–Kier alpha value is -4.38. The zero-order valence-electron chi connectivity index (χ0n) is 18.6. The Bertz CT molecular complexity index is 1300. The predicted octanol–water partition coefficient (Wildman–Crippen LogP) is 5.46. The molecule has 34 heavy (non-hydrogen) atoms. The second-order valence-electron chi connectivity index (χ2n) is 8.25. The molecule has 5 heteroatoms. The zero-order chi connectivity index (χ0) is 23.3. The summed E-state index contributed by atoms with van der Waals surface area (Å²) in [4.78, 5) is 27.0. The van der Waals surface area contributed by atoms with Crippen LogP contribution in [-0.4, -0.2) is 18.4 Å². The molecule has 0 fully saturated rings. The number of nitrogens with one attached hydrogen (secondary N) is 1. The molecule has 0 spiro atoms. The van der Waals surface area contributed by atoms with Crippen LogP contribution in [-0.2, 0) is 17.8 Å². The van der Waals surface area contributed by atoms with Crippen molar-refractivity contribution < 1.29 is 14.3 Å². The highest BCUT2D eigenvalue weighted by atomic mass is 16.5. The molecule has 0 saturated heterocycles. The second-order valence-corrected chi connectivity index (χ2v) is 8.25. The van der Waals surface area contributed by atoms with E-state index < -0.39 is 0 Å². The lowest BCUT2D eigenvalue weighted by Gasteiger charge is -2.29. The Morgan fingerprint density at radius 1 is 0.794 bits per heavy atom. The minimum absolute atomic E-state index is 0.0478. The SMILES string of the molecule is O=C(Nc1ccc(Cc2ccccc2)cc1)c1ccc2c(c1)OCC(=O)N2Cc1ccccc1. The van der Waals surface area contributed by atoms with Crippen LogP contribution in [0.3, 0.4) is 0 Å². The third-order valence-corrected chi connectivity index (χ3v) is 5.81. The van der Waals surface area contributed by atoms with Crippen molar-refractivity contribution in [3.05, 3.63) is 125 Å². The largest absolute Gasteiger partial charge is 0.482 e. The van der Waals surface area contributed by atoms with Gasteiger partial charge < -0.3 is 15.0 Å². The van der Waals surface area contributed by atoms with E-state index in [1.807, 2.05) is 72.8 Å². The molecule has 4 aromatic carbocycles. The van der Waals surface area contributed by atoms with Gasteiger partial charge in [0.25, 0.3) is 11.8 Å². The van der Waals surface area contributed by atoms with Gasteiger partial charge in [-0.3, -0.25) is 9.59 Å². The van der Waals surface area contributed by atoms with Gasteiger partial charge in [-0.25, -0.2) is 0 Å². The molecule has 0 aromatic heterocycles. The number of carbonyl (C=O) groups excluding carboxylic acids is 2. The smallest absolute Gasteiger partial charge is 0.265 e. The van der Waals surface area contributed by atoms with Crippen molar-refractivity contribution in [2.24, 2.45) is 0 Å². The maximum absolute atomic E-state index is 12.9. The number of nitrogens with zero attached hydrogens (tertiary/aromatic N) is 1. The first-order valence-corrected chi connectivity index (χ1v) is 11.2. The molecule has 1 aliphatic heterocycles. The fourth-order valence-corrected chi connectivity index (χ4v) is 4.03. The summed E-state index contributed by atoms with van der Waals surface area (Å²) in [7, 11) is 0. The van der Waals surface area contributed by atoms with E-state index >= 15 is 0 Å². The molecular formula is C29H24N2O3. The quantitative estimate of drug-likeness (QED) is 0.426. The molecule has 4 aromatic rings. The number of amides is 2. The van der Waals surface area contributed by atoms with Crippen LogP contribution in [0, 0.1) is 0 Å². The number of hydrogen-bond donors (Lipinski definition) is 1. The fraction of sp³-hybridized carbons (Fsp3) is 0.103.